The van der Waals surface area contributed by atoms with E-state index in [9.17, 15) is 4.79 Å². The molecule has 0 unspecified atom stereocenters. The maximum absolute atomic E-state index is 11.9. The number of benzene rings is 1. The summed E-state index contributed by atoms with van der Waals surface area (Å²) in [6.07, 6.45) is 2.53. The topological polar surface area (TPSA) is 26.3 Å². The number of allylic oxidation sites excluding steroid dienone is 1. The van der Waals surface area contributed by atoms with Crippen LogP contribution in [0.5, 0.6) is 0 Å². The number of hydrogen-bond donors (Lipinski definition) is 0. The van der Waals surface area contributed by atoms with Crippen LogP contribution in [0, 0.1) is 0 Å². The minimum absolute atomic E-state index is 0.208. The highest BCUT2D eigenvalue weighted by molar-refractivity contribution is 6.36. The van der Waals surface area contributed by atoms with E-state index in [0.717, 1.165) is 6.42 Å². The van der Waals surface area contributed by atoms with Crippen LogP contribution in [-0.4, -0.2) is 12.4 Å². The van der Waals surface area contributed by atoms with Gasteiger partial charge in [-0.1, -0.05) is 23.2 Å². The summed E-state index contributed by atoms with van der Waals surface area (Å²) in [7, 11) is 0. The summed E-state index contributed by atoms with van der Waals surface area (Å²) in [5.41, 5.74) is 0.386. The minimum Gasteiger partial charge on any atom is -0.489 e. The second-order valence-electron chi connectivity index (χ2n) is 3.16. The number of Topliss-reactive ketones (excluding diaryl/α,β-unsaturated/α-hetero) is 1. The van der Waals surface area contributed by atoms with E-state index in [1.165, 1.54) is 0 Å². The van der Waals surface area contributed by atoms with E-state index in [1.807, 2.05) is 0 Å². The van der Waals surface area contributed by atoms with E-state index in [2.05, 4.69) is 0 Å². The number of halogens is 2. The molecule has 0 spiro atoms. The Morgan fingerprint density at radius 2 is 2.13 bits per heavy atom. The normalized spacial score (nSPS) is 14.7. The summed E-state index contributed by atoms with van der Waals surface area (Å²) < 4.78 is 5.17. The zero-order valence-electron chi connectivity index (χ0n) is 7.80. The first-order valence-electron chi connectivity index (χ1n) is 4.51. The van der Waals surface area contributed by atoms with Gasteiger partial charge in [0.15, 0.2) is 5.76 Å². The highest BCUT2D eigenvalue weighted by Crippen LogP contribution is 2.25. The largest absolute Gasteiger partial charge is 0.489 e. The minimum atomic E-state index is -0.208. The van der Waals surface area contributed by atoms with Crippen molar-refractivity contribution in [2.75, 3.05) is 6.61 Å². The van der Waals surface area contributed by atoms with Gasteiger partial charge in [-0.25, -0.2) is 0 Å². The standard InChI is InChI=1S/C11H8Cl2O2/c12-7-3-4-9(13)8(6-7)11(14)10-2-1-5-15-10/h2-4,6H,1,5H2. The SMILES string of the molecule is O=C(C1=CCCO1)c1cc(Cl)ccc1Cl. The molecular weight excluding hydrogens is 235 g/mol. The fraction of sp³-hybridized carbons (Fsp3) is 0.182. The fourth-order valence-corrected chi connectivity index (χ4v) is 1.76. The molecule has 4 heteroatoms. The van der Waals surface area contributed by atoms with Gasteiger partial charge in [-0.15, -0.1) is 0 Å². The molecule has 0 fully saturated rings. The highest BCUT2D eigenvalue weighted by Gasteiger charge is 2.19. The van der Waals surface area contributed by atoms with Crippen molar-refractivity contribution in [2.45, 2.75) is 6.42 Å². The van der Waals surface area contributed by atoms with Crippen molar-refractivity contribution in [3.8, 4) is 0 Å². The van der Waals surface area contributed by atoms with E-state index < -0.39 is 0 Å². The van der Waals surface area contributed by atoms with Gasteiger partial charge in [-0.3, -0.25) is 4.79 Å². The van der Waals surface area contributed by atoms with Crippen molar-refractivity contribution in [3.63, 3.8) is 0 Å². The molecule has 15 heavy (non-hydrogen) atoms. The summed E-state index contributed by atoms with van der Waals surface area (Å²) in [5, 5.41) is 0.877. The zero-order valence-corrected chi connectivity index (χ0v) is 9.31. The van der Waals surface area contributed by atoms with E-state index >= 15 is 0 Å². The first-order chi connectivity index (χ1) is 7.18. The molecule has 1 aliphatic heterocycles. The number of carbonyl (C=O) groups excluding carboxylic acids is 1. The zero-order chi connectivity index (χ0) is 10.8. The average molecular weight is 243 g/mol. The van der Waals surface area contributed by atoms with E-state index in [4.69, 9.17) is 27.9 Å². The molecule has 0 atom stereocenters. The Bertz CT molecular complexity index is 438. The van der Waals surface area contributed by atoms with Crippen molar-refractivity contribution in [1.82, 2.24) is 0 Å². The molecule has 1 aromatic carbocycles. The van der Waals surface area contributed by atoms with Gasteiger partial charge in [0.25, 0.3) is 0 Å². The molecule has 2 rings (SSSR count). The lowest BCUT2D eigenvalue weighted by atomic mass is 10.1. The molecule has 0 N–H and O–H groups in total. The van der Waals surface area contributed by atoms with Crippen LogP contribution in [-0.2, 0) is 4.74 Å². The summed E-state index contributed by atoms with van der Waals surface area (Å²) in [6.45, 7) is 0.555. The number of carbonyl (C=O) groups is 1. The molecule has 1 aromatic rings. The molecule has 0 amide bonds. The lowest BCUT2D eigenvalue weighted by Gasteiger charge is -2.05. The van der Waals surface area contributed by atoms with Crippen LogP contribution >= 0.6 is 23.2 Å². The smallest absolute Gasteiger partial charge is 0.228 e. The Morgan fingerprint density at radius 3 is 2.80 bits per heavy atom. The Kier molecular flexibility index (Phi) is 2.98. The van der Waals surface area contributed by atoms with Gasteiger partial charge in [0, 0.05) is 17.0 Å². The van der Waals surface area contributed by atoms with Crippen molar-refractivity contribution < 1.29 is 9.53 Å². The molecular formula is C11H8Cl2O2. The molecule has 0 radical (unpaired) electrons. The van der Waals surface area contributed by atoms with Crippen LogP contribution < -0.4 is 0 Å². The maximum Gasteiger partial charge on any atom is 0.228 e. The Labute approximate surface area is 97.4 Å². The van der Waals surface area contributed by atoms with Crippen molar-refractivity contribution >= 4 is 29.0 Å². The summed E-state index contributed by atoms with van der Waals surface area (Å²) in [6, 6.07) is 4.80. The van der Waals surface area contributed by atoms with Crippen LogP contribution in [0.25, 0.3) is 0 Å². The summed E-state index contributed by atoms with van der Waals surface area (Å²) in [4.78, 5) is 11.9. The molecule has 1 heterocycles. The van der Waals surface area contributed by atoms with Crippen LogP contribution in [0.4, 0.5) is 0 Å². The average Bonchev–Trinajstić information content (AvgIpc) is 2.74. The van der Waals surface area contributed by atoms with Crippen molar-refractivity contribution in [2.24, 2.45) is 0 Å². The van der Waals surface area contributed by atoms with Crippen molar-refractivity contribution in [3.05, 3.63) is 45.6 Å². The monoisotopic (exact) mass is 242 g/mol. The molecule has 1 aliphatic rings. The third kappa shape index (κ3) is 2.16. The van der Waals surface area contributed by atoms with Gasteiger partial charge in [-0.05, 0) is 24.3 Å². The first-order valence-corrected chi connectivity index (χ1v) is 5.27. The molecule has 0 aromatic heterocycles. The molecule has 2 nitrogen and oxygen atoms in total. The second kappa shape index (κ2) is 4.25. The van der Waals surface area contributed by atoms with Gasteiger partial charge < -0.3 is 4.74 Å². The van der Waals surface area contributed by atoms with Crippen LogP contribution in [0.15, 0.2) is 30.0 Å². The Balaban J connectivity index is 2.36. The number of rotatable bonds is 2. The van der Waals surface area contributed by atoms with E-state index in [-0.39, 0.29) is 5.78 Å². The fourth-order valence-electron chi connectivity index (χ4n) is 1.38. The molecule has 0 aliphatic carbocycles. The maximum atomic E-state index is 11.9. The summed E-state index contributed by atoms with van der Waals surface area (Å²) >= 11 is 11.7. The highest BCUT2D eigenvalue weighted by atomic mass is 35.5. The van der Waals surface area contributed by atoms with Crippen LogP contribution in [0.2, 0.25) is 10.0 Å². The predicted molar refractivity (Wildman–Crippen MR) is 59.4 cm³/mol. The molecule has 0 saturated heterocycles. The lowest BCUT2D eigenvalue weighted by Crippen LogP contribution is -2.04. The van der Waals surface area contributed by atoms with Gasteiger partial charge in [0.05, 0.1) is 11.6 Å². The predicted octanol–water partition coefficient (Wildman–Crippen LogP) is 3.48. The Hall–Kier alpha value is -0.990. The molecule has 78 valence electrons. The van der Waals surface area contributed by atoms with E-state index in [0.29, 0.717) is 28.0 Å². The van der Waals surface area contributed by atoms with Crippen LogP contribution in [0.1, 0.15) is 16.8 Å². The number of ketones is 1. The van der Waals surface area contributed by atoms with Crippen molar-refractivity contribution in [1.29, 1.82) is 0 Å². The van der Waals surface area contributed by atoms with E-state index in [1.54, 1.807) is 24.3 Å². The van der Waals surface area contributed by atoms with Crippen LogP contribution in [0.3, 0.4) is 0 Å². The molecule has 0 bridgehead atoms. The lowest BCUT2D eigenvalue weighted by molar-refractivity contribution is 0.0942. The quantitative estimate of drug-likeness (QED) is 0.743. The van der Waals surface area contributed by atoms with Gasteiger partial charge in [-0.2, -0.15) is 0 Å². The first kappa shape index (κ1) is 10.5. The Morgan fingerprint density at radius 1 is 1.33 bits per heavy atom. The third-order valence-corrected chi connectivity index (χ3v) is 2.67. The van der Waals surface area contributed by atoms with Gasteiger partial charge >= 0.3 is 0 Å². The van der Waals surface area contributed by atoms with Gasteiger partial charge in [0.2, 0.25) is 5.78 Å². The number of hydrogen-bond acceptors (Lipinski definition) is 2. The van der Waals surface area contributed by atoms with Gasteiger partial charge in [0.1, 0.15) is 0 Å². The second-order valence-corrected chi connectivity index (χ2v) is 4.00. The molecule has 0 saturated carbocycles. The number of ether oxygens (including phenoxy) is 1. The third-order valence-electron chi connectivity index (χ3n) is 2.10. The summed E-state index contributed by atoms with van der Waals surface area (Å²) in [5.74, 6) is 0.152.